The first kappa shape index (κ1) is 7.98. The van der Waals surface area contributed by atoms with Gasteiger partial charge in [0.25, 0.3) is 0 Å². The molecule has 1 rings (SSSR count). The Balaban J connectivity index is 2.42. The Bertz CT molecular complexity index is 105. The van der Waals surface area contributed by atoms with Gasteiger partial charge in [0.15, 0.2) is 0 Å². The molecule has 2 N–H and O–H groups in total. The highest BCUT2D eigenvalue weighted by Crippen LogP contribution is 2.20. The van der Waals surface area contributed by atoms with Crippen LogP contribution in [0.4, 0.5) is 0 Å². The molecule has 1 aliphatic carbocycles. The summed E-state index contributed by atoms with van der Waals surface area (Å²) in [5.74, 6) is 0. The van der Waals surface area contributed by atoms with Crippen LogP contribution in [0.1, 0.15) is 19.3 Å². The maximum atomic E-state index is 9.26. The van der Waals surface area contributed by atoms with E-state index in [0.29, 0.717) is 6.42 Å². The molecule has 1 fully saturated rings. The lowest BCUT2D eigenvalue weighted by Gasteiger charge is -2.30. The fraction of sp³-hybridized carbons (Fsp3) is 1.00. The van der Waals surface area contributed by atoms with Crippen LogP contribution in [0.2, 0.25) is 0 Å². The van der Waals surface area contributed by atoms with E-state index in [1.165, 1.54) is 0 Å². The Hall–Kier alpha value is -0.120. The van der Waals surface area contributed by atoms with Gasteiger partial charge in [0, 0.05) is 7.11 Å². The Morgan fingerprint density at radius 2 is 2.00 bits per heavy atom. The Labute approximate surface area is 60.6 Å². The quantitative estimate of drug-likeness (QED) is 0.543. The predicted octanol–water partition coefficient (Wildman–Crippen LogP) is -0.0929. The van der Waals surface area contributed by atoms with Crippen molar-refractivity contribution in [3.63, 3.8) is 0 Å². The summed E-state index contributed by atoms with van der Waals surface area (Å²) in [6.07, 6.45) is 1.06. The summed E-state index contributed by atoms with van der Waals surface area (Å²) in [4.78, 5) is 0. The summed E-state index contributed by atoms with van der Waals surface area (Å²) in [6, 6.07) is 0. The van der Waals surface area contributed by atoms with Gasteiger partial charge in [-0.15, -0.1) is 0 Å². The van der Waals surface area contributed by atoms with E-state index in [0.717, 1.165) is 12.8 Å². The van der Waals surface area contributed by atoms with Crippen LogP contribution in [-0.2, 0) is 4.74 Å². The largest absolute Gasteiger partial charge is 0.390 e. The maximum absolute atomic E-state index is 9.26. The number of hydrogen-bond donors (Lipinski definition) is 2. The Morgan fingerprint density at radius 3 is 2.50 bits per heavy atom. The fourth-order valence-electron chi connectivity index (χ4n) is 1.37. The monoisotopic (exact) mass is 146 g/mol. The van der Waals surface area contributed by atoms with Crippen molar-refractivity contribution in [1.29, 1.82) is 0 Å². The molecule has 0 unspecified atom stereocenters. The molecule has 0 amide bonds. The molecule has 0 heterocycles. The standard InChI is InChI=1S/C7H14O3/c1-10-6-4-2-3-5(8)7(6)9/h5-9H,2-4H2,1H3/t5-,6-,7+/m0/s1. The number of methoxy groups -OCH3 is 1. The van der Waals surface area contributed by atoms with Crippen molar-refractivity contribution in [2.45, 2.75) is 37.6 Å². The number of aliphatic hydroxyl groups excluding tert-OH is 2. The van der Waals surface area contributed by atoms with Crippen molar-refractivity contribution in [2.24, 2.45) is 0 Å². The summed E-state index contributed by atoms with van der Waals surface area (Å²) in [5.41, 5.74) is 0. The zero-order chi connectivity index (χ0) is 7.56. The molecule has 0 aromatic heterocycles. The van der Waals surface area contributed by atoms with Crippen molar-refractivity contribution in [1.82, 2.24) is 0 Å². The van der Waals surface area contributed by atoms with E-state index in [9.17, 15) is 5.11 Å². The van der Waals surface area contributed by atoms with Crippen molar-refractivity contribution < 1.29 is 14.9 Å². The lowest BCUT2D eigenvalue weighted by molar-refractivity contribution is -0.0993. The van der Waals surface area contributed by atoms with Crippen LogP contribution in [0.5, 0.6) is 0 Å². The molecule has 10 heavy (non-hydrogen) atoms. The van der Waals surface area contributed by atoms with Gasteiger partial charge in [-0.05, 0) is 19.3 Å². The predicted molar refractivity (Wildman–Crippen MR) is 36.7 cm³/mol. The second-order valence-corrected chi connectivity index (χ2v) is 2.76. The molecule has 60 valence electrons. The highest BCUT2D eigenvalue weighted by atomic mass is 16.5. The highest BCUT2D eigenvalue weighted by Gasteiger charge is 2.29. The fourth-order valence-corrected chi connectivity index (χ4v) is 1.37. The van der Waals surface area contributed by atoms with Gasteiger partial charge in [-0.3, -0.25) is 0 Å². The maximum Gasteiger partial charge on any atom is 0.106 e. The molecular weight excluding hydrogens is 132 g/mol. The second kappa shape index (κ2) is 3.32. The van der Waals surface area contributed by atoms with Gasteiger partial charge in [-0.2, -0.15) is 0 Å². The first-order chi connectivity index (χ1) is 4.75. The van der Waals surface area contributed by atoms with Crippen LogP contribution in [0, 0.1) is 0 Å². The van der Waals surface area contributed by atoms with Gasteiger partial charge < -0.3 is 14.9 Å². The van der Waals surface area contributed by atoms with E-state index < -0.39 is 12.2 Å². The van der Waals surface area contributed by atoms with Crippen LogP contribution in [0.25, 0.3) is 0 Å². The molecule has 0 aromatic carbocycles. The molecule has 0 radical (unpaired) electrons. The molecule has 3 atom stereocenters. The highest BCUT2D eigenvalue weighted by molar-refractivity contribution is 4.81. The van der Waals surface area contributed by atoms with E-state index in [1.807, 2.05) is 0 Å². The second-order valence-electron chi connectivity index (χ2n) is 2.76. The van der Waals surface area contributed by atoms with Crippen LogP contribution < -0.4 is 0 Å². The normalized spacial score (nSPS) is 41.7. The summed E-state index contributed by atoms with van der Waals surface area (Å²) < 4.78 is 4.96. The zero-order valence-corrected chi connectivity index (χ0v) is 6.16. The minimum Gasteiger partial charge on any atom is -0.390 e. The Morgan fingerprint density at radius 1 is 1.30 bits per heavy atom. The summed E-state index contributed by atoms with van der Waals surface area (Å²) in [5, 5.41) is 18.4. The first-order valence-corrected chi connectivity index (χ1v) is 3.64. The van der Waals surface area contributed by atoms with Crippen LogP contribution in [-0.4, -0.2) is 35.6 Å². The molecule has 0 bridgehead atoms. The van der Waals surface area contributed by atoms with Gasteiger partial charge in [0.1, 0.15) is 6.10 Å². The average Bonchev–Trinajstić information content (AvgIpc) is 1.95. The number of ether oxygens (including phenoxy) is 1. The molecule has 1 saturated carbocycles. The molecule has 0 aliphatic heterocycles. The average molecular weight is 146 g/mol. The molecule has 0 aromatic rings. The van der Waals surface area contributed by atoms with Gasteiger partial charge in [-0.1, -0.05) is 0 Å². The summed E-state index contributed by atoms with van der Waals surface area (Å²) >= 11 is 0. The van der Waals surface area contributed by atoms with Crippen molar-refractivity contribution in [3.8, 4) is 0 Å². The smallest absolute Gasteiger partial charge is 0.106 e. The van der Waals surface area contributed by atoms with Gasteiger partial charge in [-0.25, -0.2) is 0 Å². The third-order valence-electron chi connectivity index (χ3n) is 2.07. The van der Waals surface area contributed by atoms with Crippen molar-refractivity contribution in [3.05, 3.63) is 0 Å². The topological polar surface area (TPSA) is 49.7 Å². The molecular formula is C7H14O3. The van der Waals surface area contributed by atoms with Crippen molar-refractivity contribution >= 4 is 0 Å². The van der Waals surface area contributed by atoms with E-state index in [2.05, 4.69) is 0 Å². The first-order valence-electron chi connectivity index (χ1n) is 3.64. The Kier molecular flexibility index (Phi) is 2.65. The van der Waals surface area contributed by atoms with Crippen LogP contribution in [0.15, 0.2) is 0 Å². The van der Waals surface area contributed by atoms with E-state index in [-0.39, 0.29) is 6.10 Å². The summed E-state index contributed by atoms with van der Waals surface area (Å²) in [6.45, 7) is 0. The molecule has 3 nitrogen and oxygen atoms in total. The zero-order valence-electron chi connectivity index (χ0n) is 6.16. The minimum atomic E-state index is -0.682. The third-order valence-corrected chi connectivity index (χ3v) is 2.07. The number of rotatable bonds is 1. The molecule has 1 aliphatic rings. The summed E-state index contributed by atoms with van der Waals surface area (Å²) in [7, 11) is 1.56. The van der Waals surface area contributed by atoms with Gasteiger partial charge in [0.2, 0.25) is 0 Å². The van der Waals surface area contributed by atoms with Gasteiger partial charge in [0.05, 0.1) is 12.2 Å². The van der Waals surface area contributed by atoms with Crippen molar-refractivity contribution in [2.75, 3.05) is 7.11 Å². The van der Waals surface area contributed by atoms with Gasteiger partial charge >= 0.3 is 0 Å². The SMILES string of the molecule is CO[C@H]1CCC[C@H](O)[C@H]1O. The van der Waals surface area contributed by atoms with Crippen LogP contribution in [0.3, 0.4) is 0 Å². The van der Waals surface area contributed by atoms with E-state index in [1.54, 1.807) is 7.11 Å². The van der Waals surface area contributed by atoms with Crippen LogP contribution >= 0.6 is 0 Å². The number of aliphatic hydroxyl groups is 2. The number of hydrogen-bond acceptors (Lipinski definition) is 3. The lowest BCUT2D eigenvalue weighted by atomic mass is 9.92. The van der Waals surface area contributed by atoms with E-state index >= 15 is 0 Å². The third kappa shape index (κ3) is 1.48. The molecule has 3 heteroatoms. The minimum absolute atomic E-state index is 0.163. The lowest BCUT2D eigenvalue weighted by Crippen LogP contribution is -2.41. The molecule has 0 spiro atoms. The van der Waals surface area contributed by atoms with E-state index in [4.69, 9.17) is 9.84 Å². The molecule has 0 saturated heterocycles.